The van der Waals surface area contributed by atoms with E-state index in [1.54, 1.807) is 5.38 Å². The van der Waals surface area contributed by atoms with E-state index in [-0.39, 0.29) is 5.92 Å². The van der Waals surface area contributed by atoms with Crippen molar-refractivity contribution in [1.29, 1.82) is 0 Å². The van der Waals surface area contributed by atoms with Gasteiger partial charge in [0.1, 0.15) is 10.7 Å². The van der Waals surface area contributed by atoms with Gasteiger partial charge in [-0.25, -0.2) is 4.98 Å². The van der Waals surface area contributed by atoms with Crippen LogP contribution in [0, 0.1) is 0 Å². The number of rotatable bonds is 3. The first-order chi connectivity index (χ1) is 7.68. The molecule has 2 rings (SSSR count). The number of hydrogen-bond donors (Lipinski definition) is 1. The van der Waals surface area contributed by atoms with Crippen LogP contribution in [-0.4, -0.2) is 10.9 Å². The van der Waals surface area contributed by atoms with Crippen LogP contribution in [0.2, 0.25) is 0 Å². The maximum Gasteiger partial charge on any atom is 0.268 e. The van der Waals surface area contributed by atoms with E-state index in [0.29, 0.717) is 5.69 Å². The monoisotopic (exact) mass is 232 g/mol. The highest BCUT2D eigenvalue weighted by Crippen LogP contribution is 2.26. The number of nitrogens with zero attached hydrogens (tertiary/aromatic N) is 1. The van der Waals surface area contributed by atoms with Crippen molar-refractivity contribution in [3.8, 4) is 0 Å². The number of benzene rings is 1. The molecular formula is C12H12N2OS. The lowest BCUT2D eigenvalue weighted by molar-refractivity contribution is 0.0996. The molecule has 0 fully saturated rings. The zero-order chi connectivity index (χ0) is 11.5. The Balaban J connectivity index is 2.27. The quantitative estimate of drug-likeness (QED) is 0.883. The van der Waals surface area contributed by atoms with Crippen LogP contribution >= 0.6 is 11.3 Å². The van der Waals surface area contributed by atoms with Crippen LogP contribution in [0.3, 0.4) is 0 Å². The summed E-state index contributed by atoms with van der Waals surface area (Å²) >= 11 is 1.47. The van der Waals surface area contributed by atoms with E-state index in [1.165, 1.54) is 16.9 Å². The Hall–Kier alpha value is -1.68. The van der Waals surface area contributed by atoms with E-state index < -0.39 is 5.91 Å². The Morgan fingerprint density at radius 2 is 2.06 bits per heavy atom. The Bertz CT molecular complexity index is 493. The maximum atomic E-state index is 10.9. The van der Waals surface area contributed by atoms with Gasteiger partial charge in [-0.05, 0) is 5.56 Å². The standard InChI is InChI=1S/C12H12N2OS/c1-8(9-5-3-2-4-6-9)12-14-10(7-16-12)11(13)15/h2-8H,1H3,(H2,13,15)/t8-/m1/s1. The molecule has 0 bridgehead atoms. The molecular weight excluding hydrogens is 220 g/mol. The smallest absolute Gasteiger partial charge is 0.268 e. The Morgan fingerprint density at radius 3 is 2.62 bits per heavy atom. The minimum Gasteiger partial charge on any atom is -0.364 e. The van der Waals surface area contributed by atoms with E-state index in [1.807, 2.05) is 18.2 Å². The minimum absolute atomic E-state index is 0.194. The second-order valence-corrected chi connectivity index (χ2v) is 4.46. The van der Waals surface area contributed by atoms with Gasteiger partial charge in [-0.1, -0.05) is 37.3 Å². The van der Waals surface area contributed by atoms with Gasteiger partial charge >= 0.3 is 0 Å². The number of nitrogens with two attached hydrogens (primary N) is 1. The number of carbonyl (C=O) groups is 1. The molecule has 0 radical (unpaired) electrons. The molecule has 0 aliphatic heterocycles. The topological polar surface area (TPSA) is 56.0 Å². The second-order valence-electron chi connectivity index (χ2n) is 3.57. The highest BCUT2D eigenvalue weighted by Gasteiger charge is 2.14. The van der Waals surface area contributed by atoms with E-state index >= 15 is 0 Å². The average molecular weight is 232 g/mol. The molecule has 1 amide bonds. The average Bonchev–Trinajstić information content (AvgIpc) is 2.78. The summed E-state index contributed by atoms with van der Waals surface area (Å²) in [6, 6.07) is 10.1. The van der Waals surface area contributed by atoms with Gasteiger partial charge in [0.25, 0.3) is 5.91 Å². The fourth-order valence-corrected chi connectivity index (χ4v) is 2.38. The van der Waals surface area contributed by atoms with Crippen LogP contribution in [0.25, 0.3) is 0 Å². The Labute approximate surface area is 97.9 Å². The van der Waals surface area contributed by atoms with Crippen molar-refractivity contribution in [3.63, 3.8) is 0 Å². The number of carbonyl (C=O) groups excluding carboxylic acids is 1. The number of hydrogen-bond acceptors (Lipinski definition) is 3. The SMILES string of the molecule is C[C@H](c1ccccc1)c1nc(C(N)=O)cs1. The summed E-state index contributed by atoms with van der Waals surface area (Å²) in [5.41, 5.74) is 6.71. The normalized spacial score (nSPS) is 12.3. The van der Waals surface area contributed by atoms with E-state index in [9.17, 15) is 4.79 Å². The van der Waals surface area contributed by atoms with Crippen molar-refractivity contribution >= 4 is 17.2 Å². The van der Waals surface area contributed by atoms with Crippen LogP contribution in [0.4, 0.5) is 0 Å². The number of primary amides is 1. The molecule has 3 nitrogen and oxygen atoms in total. The minimum atomic E-state index is -0.470. The molecule has 0 aliphatic carbocycles. The van der Waals surface area contributed by atoms with Crippen molar-refractivity contribution in [2.45, 2.75) is 12.8 Å². The second kappa shape index (κ2) is 4.45. The summed E-state index contributed by atoms with van der Waals surface area (Å²) in [4.78, 5) is 15.2. The summed E-state index contributed by atoms with van der Waals surface area (Å²) in [5, 5.41) is 2.62. The van der Waals surface area contributed by atoms with Gasteiger partial charge in [0.15, 0.2) is 0 Å². The van der Waals surface area contributed by atoms with Crippen molar-refractivity contribution in [2.24, 2.45) is 5.73 Å². The molecule has 0 unspecified atom stereocenters. The maximum absolute atomic E-state index is 10.9. The van der Waals surface area contributed by atoms with Crippen LogP contribution in [0.5, 0.6) is 0 Å². The van der Waals surface area contributed by atoms with E-state index in [4.69, 9.17) is 5.73 Å². The van der Waals surface area contributed by atoms with Crippen molar-refractivity contribution in [2.75, 3.05) is 0 Å². The van der Waals surface area contributed by atoms with Gasteiger partial charge in [-0.15, -0.1) is 11.3 Å². The number of aromatic nitrogens is 1. The molecule has 2 N–H and O–H groups in total. The van der Waals surface area contributed by atoms with Crippen LogP contribution < -0.4 is 5.73 Å². The van der Waals surface area contributed by atoms with Gasteiger partial charge in [-0.3, -0.25) is 4.79 Å². The first-order valence-electron chi connectivity index (χ1n) is 4.98. The molecule has 1 heterocycles. The van der Waals surface area contributed by atoms with Crippen LogP contribution in [0.1, 0.15) is 33.9 Å². The fourth-order valence-electron chi connectivity index (χ4n) is 1.48. The summed E-state index contributed by atoms with van der Waals surface area (Å²) in [6.45, 7) is 2.07. The largest absolute Gasteiger partial charge is 0.364 e. The summed E-state index contributed by atoms with van der Waals surface area (Å²) in [6.07, 6.45) is 0. The first-order valence-corrected chi connectivity index (χ1v) is 5.86. The third kappa shape index (κ3) is 2.12. The Morgan fingerprint density at radius 1 is 1.38 bits per heavy atom. The molecule has 1 aromatic heterocycles. The summed E-state index contributed by atoms with van der Waals surface area (Å²) in [7, 11) is 0. The molecule has 82 valence electrons. The van der Waals surface area contributed by atoms with Gasteiger partial charge in [0.2, 0.25) is 0 Å². The van der Waals surface area contributed by atoms with Crippen LogP contribution in [0.15, 0.2) is 35.7 Å². The lowest BCUT2D eigenvalue weighted by Gasteiger charge is -2.07. The summed E-state index contributed by atoms with van der Waals surface area (Å²) in [5.74, 6) is -0.276. The van der Waals surface area contributed by atoms with Gasteiger partial charge < -0.3 is 5.73 Å². The molecule has 1 atom stereocenters. The molecule has 0 saturated heterocycles. The summed E-state index contributed by atoms with van der Waals surface area (Å²) < 4.78 is 0. The van der Waals surface area contributed by atoms with Crippen molar-refractivity contribution in [1.82, 2.24) is 4.98 Å². The molecule has 1 aromatic carbocycles. The van der Waals surface area contributed by atoms with Crippen molar-refractivity contribution in [3.05, 3.63) is 52.0 Å². The number of thiazole rings is 1. The predicted molar refractivity (Wildman–Crippen MR) is 64.6 cm³/mol. The molecule has 4 heteroatoms. The highest BCUT2D eigenvalue weighted by atomic mass is 32.1. The lowest BCUT2D eigenvalue weighted by atomic mass is 10.0. The highest BCUT2D eigenvalue weighted by molar-refractivity contribution is 7.10. The molecule has 16 heavy (non-hydrogen) atoms. The van der Waals surface area contributed by atoms with E-state index in [2.05, 4.69) is 24.0 Å². The zero-order valence-corrected chi connectivity index (χ0v) is 9.70. The zero-order valence-electron chi connectivity index (χ0n) is 8.88. The number of amides is 1. The molecule has 0 aliphatic rings. The first kappa shape index (κ1) is 10.8. The molecule has 0 spiro atoms. The predicted octanol–water partition coefficient (Wildman–Crippen LogP) is 2.39. The van der Waals surface area contributed by atoms with Crippen molar-refractivity contribution < 1.29 is 4.79 Å². The van der Waals surface area contributed by atoms with Crippen LogP contribution in [-0.2, 0) is 0 Å². The molecule has 0 saturated carbocycles. The van der Waals surface area contributed by atoms with Gasteiger partial charge in [0, 0.05) is 11.3 Å². The third-order valence-electron chi connectivity index (χ3n) is 2.44. The Kier molecular flexibility index (Phi) is 3.01. The molecule has 2 aromatic rings. The van der Waals surface area contributed by atoms with E-state index in [0.717, 1.165) is 5.01 Å². The van der Waals surface area contributed by atoms with Gasteiger partial charge in [-0.2, -0.15) is 0 Å². The lowest BCUT2D eigenvalue weighted by Crippen LogP contribution is -2.11. The van der Waals surface area contributed by atoms with Gasteiger partial charge in [0.05, 0.1) is 0 Å². The fraction of sp³-hybridized carbons (Fsp3) is 0.167. The third-order valence-corrected chi connectivity index (χ3v) is 3.47.